The van der Waals surface area contributed by atoms with Gasteiger partial charge in [0.1, 0.15) is 11.5 Å². The monoisotopic (exact) mass is 757 g/mol. The maximum Gasteiger partial charge on any atom is 0.235 e. The molecule has 0 N–H and O–H groups in total. The predicted molar refractivity (Wildman–Crippen MR) is 238 cm³/mol. The summed E-state index contributed by atoms with van der Waals surface area (Å²) < 4.78 is 11.5. The van der Waals surface area contributed by atoms with Crippen molar-refractivity contribution in [1.82, 2.24) is 14.5 Å². The highest BCUT2D eigenvalue weighted by Gasteiger charge is 2.51. The summed E-state index contributed by atoms with van der Waals surface area (Å²) in [6, 6.07) is 67.5. The van der Waals surface area contributed by atoms with E-state index in [2.05, 4.69) is 193 Å². The van der Waals surface area contributed by atoms with Crippen LogP contribution in [0.15, 0.2) is 188 Å². The van der Waals surface area contributed by atoms with Crippen molar-refractivity contribution in [2.75, 3.05) is 0 Å². The molecule has 1 spiro atoms. The van der Waals surface area contributed by atoms with E-state index in [0.717, 1.165) is 71.3 Å². The van der Waals surface area contributed by atoms with Crippen LogP contribution in [-0.2, 0) is 5.41 Å². The van der Waals surface area contributed by atoms with Crippen molar-refractivity contribution in [2.24, 2.45) is 0 Å². The number of benzene rings is 8. The van der Waals surface area contributed by atoms with Crippen LogP contribution in [0.4, 0.5) is 0 Å². The molecule has 13 rings (SSSR count). The van der Waals surface area contributed by atoms with Crippen molar-refractivity contribution in [3.63, 3.8) is 0 Å². The van der Waals surface area contributed by atoms with Gasteiger partial charge in [0, 0.05) is 43.6 Å². The molecule has 0 radical (unpaired) electrons. The van der Waals surface area contributed by atoms with Crippen LogP contribution in [-0.4, -0.2) is 14.5 Å². The Labute approximate surface area is 337 Å². The third kappa shape index (κ3) is 4.23. The Morgan fingerprint density at radius 3 is 1.86 bits per heavy atom. The molecule has 0 bridgehead atoms. The zero-order chi connectivity index (χ0) is 38.0. The first-order chi connectivity index (χ1) is 28.8. The molecular formula is C53H31N3OS. The van der Waals surface area contributed by atoms with Gasteiger partial charge in [-0.2, -0.15) is 0 Å². The molecule has 1 aliphatic heterocycles. The Bertz CT molecular complexity index is 3440. The zero-order valence-corrected chi connectivity index (χ0v) is 31.9. The summed E-state index contributed by atoms with van der Waals surface area (Å²) in [7, 11) is 0. The van der Waals surface area contributed by atoms with Crippen molar-refractivity contribution in [3.05, 3.63) is 210 Å². The molecule has 1 aliphatic carbocycles. The van der Waals surface area contributed by atoms with Gasteiger partial charge in [-0.25, -0.2) is 9.97 Å². The molecule has 4 nitrogen and oxygen atoms in total. The molecule has 3 aromatic heterocycles. The number of hydrogen-bond acceptors (Lipinski definition) is 4. The van der Waals surface area contributed by atoms with Crippen molar-refractivity contribution >= 4 is 53.4 Å². The Balaban J connectivity index is 1.10. The van der Waals surface area contributed by atoms with Crippen LogP contribution in [0.5, 0.6) is 11.5 Å². The van der Waals surface area contributed by atoms with E-state index in [1.54, 1.807) is 11.3 Å². The summed E-state index contributed by atoms with van der Waals surface area (Å²) in [6.07, 6.45) is 0. The van der Waals surface area contributed by atoms with Crippen LogP contribution in [0.25, 0.3) is 81.6 Å². The van der Waals surface area contributed by atoms with E-state index in [4.69, 9.17) is 14.7 Å². The standard InChI is InChI=1S/C53H31N3OS/c1-2-14-32(15-3-1)33-26-28-34(29-27-33)49-51-50(38-19-7-13-25-48(38)58-51)55-52(54-49)56-44-23-11-6-18-37(44)39-30-43-47(31-45(39)56)57-46-24-12-10-22-42(46)53(43)40-20-8-4-16-35(40)36-17-5-9-21-41(36)53/h1-31H. The van der Waals surface area contributed by atoms with Gasteiger partial charge in [-0.05, 0) is 57.6 Å². The van der Waals surface area contributed by atoms with Gasteiger partial charge in [0.15, 0.2) is 0 Å². The van der Waals surface area contributed by atoms with E-state index < -0.39 is 5.41 Å². The number of aromatic nitrogens is 3. The van der Waals surface area contributed by atoms with Gasteiger partial charge in [0.25, 0.3) is 0 Å². The van der Waals surface area contributed by atoms with Crippen LogP contribution in [0, 0.1) is 0 Å². The number of nitrogens with zero attached hydrogens (tertiary/aromatic N) is 3. The Morgan fingerprint density at radius 2 is 1.07 bits per heavy atom. The number of hydrogen-bond donors (Lipinski definition) is 0. The molecule has 0 unspecified atom stereocenters. The first-order valence-corrected chi connectivity index (χ1v) is 20.5. The lowest BCUT2D eigenvalue weighted by atomic mass is 9.66. The topological polar surface area (TPSA) is 39.9 Å². The summed E-state index contributed by atoms with van der Waals surface area (Å²) in [6.45, 7) is 0. The lowest BCUT2D eigenvalue weighted by Crippen LogP contribution is -2.32. The molecule has 0 saturated carbocycles. The fourth-order valence-electron chi connectivity index (χ4n) is 9.86. The van der Waals surface area contributed by atoms with Crippen molar-refractivity contribution < 1.29 is 4.74 Å². The molecule has 5 heteroatoms. The minimum absolute atomic E-state index is 0.557. The molecule has 4 heterocycles. The summed E-state index contributed by atoms with van der Waals surface area (Å²) in [5.74, 6) is 2.33. The van der Waals surface area contributed by atoms with Gasteiger partial charge >= 0.3 is 0 Å². The summed E-state index contributed by atoms with van der Waals surface area (Å²) in [5, 5.41) is 3.40. The Morgan fingerprint density at radius 1 is 0.448 bits per heavy atom. The molecule has 11 aromatic rings. The van der Waals surface area contributed by atoms with Crippen molar-refractivity contribution in [3.8, 4) is 51.0 Å². The first kappa shape index (κ1) is 31.8. The number of para-hydroxylation sites is 2. The lowest BCUT2D eigenvalue weighted by Gasteiger charge is -2.39. The van der Waals surface area contributed by atoms with E-state index in [0.29, 0.717) is 5.95 Å². The molecule has 58 heavy (non-hydrogen) atoms. The average molecular weight is 758 g/mol. The number of ether oxygens (including phenoxy) is 1. The molecule has 270 valence electrons. The highest BCUT2D eigenvalue weighted by molar-refractivity contribution is 7.26. The van der Waals surface area contributed by atoms with E-state index in [1.807, 2.05) is 0 Å². The second kappa shape index (κ2) is 11.8. The first-order valence-electron chi connectivity index (χ1n) is 19.7. The van der Waals surface area contributed by atoms with Gasteiger partial charge in [-0.1, -0.05) is 158 Å². The molecule has 0 amide bonds. The second-order valence-electron chi connectivity index (χ2n) is 15.2. The minimum atomic E-state index is -0.557. The minimum Gasteiger partial charge on any atom is -0.457 e. The lowest BCUT2D eigenvalue weighted by molar-refractivity contribution is 0.437. The quantitative estimate of drug-likeness (QED) is 0.180. The van der Waals surface area contributed by atoms with Crippen molar-refractivity contribution in [2.45, 2.75) is 5.41 Å². The highest BCUT2D eigenvalue weighted by atomic mass is 32.1. The van der Waals surface area contributed by atoms with Crippen LogP contribution in [0.2, 0.25) is 0 Å². The second-order valence-corrected chi connectivity index (χ2v) is 16.3. The van der Waals surface area contributed by atoms with Gasteiger partial charge < -0.3 is 4.74 Å². The van der Waals surface area contributed by atoms with E-state index in [1.165, 1.54) is 38.1 Å². The van der Waals surface area contributed by atoms with E-state index in [9.17, 15) is 0 Å². The summed E-state index contributed by atoms with van der Waals surface area (Å²) in [5.41, 5.74) is 14.2. The van der Waals surface area contributed by atoms with Crippen LogP contribution < -0.4 is 4.74 Å². The smallest absolute Gasteiger partial charge is 0.235 e. The highest BCUT2D eigenvalue weighted by Crippen LogP contribution is 2.62. The molecule has 0 atom stereocenters. The summed E-state index contributed by atoms with van der Waals surface area (Å²) in [4.78, 5) is 11.0. The van der Waals surface area contributed by atoms with Crippen LogP contribution in [0.3, 0.4) is 0 Å². The Hall–Kier alpha value is -7.34. The number of thiophene rings is 1. The third-order valence-electron chi connectivity index (χ3n) is 12.3. The SMILES string of the molecule is c1ccc(-c2ccc(-c3nc(-n4c5ccccc5c5cc6c(cc54)Oc4ccccc4C64c5ccccc5-c5ccccc54)nc4c3sc3ccccc34)cc2)cc1. The molecule has 0 fully saturated rings. The van der Waals surface area contributed by atoms with E-state index >= 15 is 0 Å². The van der Waals surface area contributed by atoms with Crippen LogP contribution in [0.1, 0.15) is 22.3 Å². The van der Waals surface area contributed by atoms with Gasteiger partial charge in [0.05, 0.1) is 32.4 Å². The molecule has 2 aliphatic rings. The third-order valence-corrected chi connectivity index (χ3v) is 13.5. The predicted octanol–water partition coefficient (Wildman–Crippen LogP) is 13.7. The van der Waals surface area contributed by atoms with E-state index in [-0.39, 0.29) is 0 Å². The maximum atomic E-state index is 6.99. The summed E-state index contributed by atoms with van der Waals surface area (Å²) >= 11 is 1.75. The zero-order valence-electron chi connectivity index (χ0n) is 31.1. The Kier molecular flexibility index (Phi) is 6.49. The normalized spacial score (nSPS) is 13.4. The molecular weight excluding hydrogens is 727 g/mol. The fourth-order valence-corrected chi connectivity index (χ4v) is 11.0. The number of fused-ring (bicyclic) bond motifs is 15. The molecule has 0 saturated heterocycles. The largest absolute Gasteiger partial charge is 0.457 e. The average Bonchev–Trinajstić information content (AvgIpc) is 3.92. The fraction of sp³-hybridized carbons (Fsp3) is 0.0189. The van der Waals surface area contributed by atoms with Crippen LogP contribution >= 0.6 is 11.3 Å². The van der Waals surface area contributed by atoms with Gasteiger partial charge in [-0.15, -0.1) is 11.3 Å². The molecule has 8 aromatic carbocycles. The number of rotatable bonds is 3. The van der Waals surface area contributed by atoms with Gasteiger partial charge in [-0.3, -0.25) is 4.57 Å². The maximum absolute atomic E-state index is 6.99. The van der Waals surface area contributed by atoms with Gasteiger partial charge in [0.2, 0.25) is 5.95 Å². The van der Waals surface area contributed by atoms with Crippen molar-refractivity contribution in [1.29, 1.82) is 0 Å².